The van der Waals surface area contributed by atoms with Crippen LogP contribution in [-0.2, 0) is 6.42 Å². The summed E-state index contributed by atoms with van der Waals surface area (Å²) in [5.41, 5.74) is 5.68. The molecule has 1 aromatic carbocycles. The number of pyridine rings is 1. The molecule has 3 rings (SSSR count). The maximum atomic E-state index is 12.9. The van der Waals surface area contributed by atoms with Gasteiger partial charge in [0.2, 0.25) is 0 Å². The molecule has 1 aromatic heterocycles. The van der Waals surface area contributed by atoms with E-state index >= 15 is 0 Å². The van der Waals surface area contributed by atoms with Crippen molar-refractivity contribution >= 4 is 26.4 Å². The van der Waals surface area contributed by atoms with Crippen LogP contribution >= 0.6 is 8.58 Å². The number of anilines is 1. The van der Waals surface area contributed by atoms with E-state index in [-0.39, 0.29) is 17.7 Å². The second kappa shape index (κ2) is 16.5. The van der Waals surface area contributed by atoms with Crippen molar-refractivity contribution in [3.63, 3.8) is 0 Å². The maximum Gasteiger partial charge on any atom is 0.257 e. The summed E-state index contributed by atoms with van der Waals surface area (Å²) in [5.74, 6) is 1.22. The Morgan fingerprint density at radius 2 is 1.82 bits per heavy atom. The number of aliphatic imine (C=N–C) groups is 1. The molecule has 0 saturated carbocycles. The minimum atomic E-state index is -0.140. The lowest BCUT2D eigenvalue weighted by Crippen LogP contribution is -2.30. The molecule has 0 spiro atoms. The zero-order valence-corrected chi connectivity index (χ0v) is 26.4. The van der Waals surface area contributed by atoms with Crippen LogP contribution in [0.15, 0.2) is 64.7 Å². The van der Waals surface area contributed by atoms with Crippen molar-refractivity contribution in [2.75, 3.05) is 5.32 Å². The molecule has 1 aliphatic heterocycles. The van der Waals surface area contributed by atoms with Crippen LogP contribution in [-0.4, -0.2) is 22.9 Å². The minimum Gasteiger partial charge on any atom is -0.322 e. The molecule has 3 unspecified atom stereocenters. The predicted molar refractivity (Wildman–Crippen MR) is 171 cm³/mol. The fraction of sp³-hybridized carbons (Fsp3) is 0.485. The molecule has 0 bridgehead atoms. The van der Waals surface area contributed by atoms with Gasteiger partial charge in [0.05, 0.1) is 17.0 Å². The van der Waals surface area contributed by atoms with Gasteiger partial charge in [-0.1, -0.05) is 80.8 Å². The first kappa shape index (κ1) is 32.6. The van der Waals surface area contributed by atoms with Crippen molar-refractivity contribution in [1.29, 1.82) is 0 Å². The van der Waals surface area contributed by atoms with E-state index in [4.69, 9.17) is 4.99 Å². The van der Waals surface area contributed by atoms with Gasteiger partial charge in [-0.15, -0.1) is 0 Å². The molecular formula is C33H49N4OP. The lowest BCUT2D eigenvalue weighted by molar-refractivity contribution is 0.102. The Hall–Kier alpha value is -2.62. The van der Waals surface area contributed by atoms with E-state index in [0.717, 1.165) is 41.0 Å². The van der Waals surface area contributed by atoms with E-state index in [1.807, 2.05) is 44.3 Å². The monoisotopic (exact) mass is 548 g/mol. The van der Waals surface area contributed by atoms with E-state index in [1.54, 1.807) is 6.20 Å². The van der Waals surface area contributed by atoms with E-state index in [1.165, 1.54) is 11.7 Å². The molecular weight excluding hydrogens is 499 g/mol. The summed E-state index contributed by atoms with van der Waals surface area (Å²) in [5, 5.41) is 8.09. The van der Waals surface area contributed by atoms with Crippen molar-refractivity contribution in [3.8, 4) is 0 Å². The van der Waals surface area contributed by atoms with E-state index in [9.17, 15) is 4.79 Å². The van der Waals surface area contributed by atoms with Gasteiger partial charge in [0, 0.05) is 29.8 Å². The van der Waals surface area contributed by atoms with Crippen LogP contribution in [0.5, 0.6) is 0 Å². The quantitative estimate of drug-likeness (QED) is 0.308. The number of carbonyl (C=O) groups excluding carboxylic acids is 1. The van der Waals surface area contributed by atoms with Gasteiger partial charge in [-0.05, 0) is 80.1 Å². The molecule has 1 amide bonds. The fourth-order valence-electron chi connectivity index (χ4n) is 4.12. The Labute approximate surface area is 238 Å². The highest BCUT2D eigenvalue weighted by molar-refractivity contribution is 7.45. The van der Waals surface area contributed by atoms with E-state index < -0.39 is 0 Å². The van der Waals surface area contributed by atoms with Crippen molar-refractivity contribution < 1.29 is 4.79 Å². The Morgan fingerprint density at radius 1 is 1.10 bits per heavy atom. The summed E-state index contributed by atoms with van der Waals surface area (Å²) in [6, 6.07) is 10.1. The number of allylic oxidation sites excluding steroid dienone is 3. The summed E-state index contributed by atoms with van der Waals surface area (Å²) >= 11 is 0. The standard InChI is InChI=1S/C30H41N4OP.C3H8/c1-8-26-28(13-12-19(2)3)36-29(18-32-26)33-22(7)23-10-9-11-25(16-23)34-30(35)24-15-21(6)27(31-17-24)14-20(4)5;1-3-2/h8-11,13,15-20,22,29,33,36H,12,14H2,1-7H3,(H,34,35);3H2,1-2H3/b26-8+,28-13-;. The molecule has 2 heterocycles. The first-order valence-corrected chi connectivity index (χ1v) is 15.5. The van der Waals surface area contributed by atoms with Gasteiger partial charge >= 0.3 is 0 Å². The van der Waals surface area contributed by atoms with Crippen molar-refractivity contribution in [3.05, 3.63) is 82.1 Å². The van der Waals surface area contributed by atoms with Gasteiger partial charge < -0.3 is 5.32 Å². The van der Waals surface area contributed by atoms with Gasteiger partial charge in [0.25, 0.3) is 5.91 Å². The van der Waals surface area contributed by atoms with E-state index in [0.29, 0.717) is 26.0 Å². The molecule has 1 aliphatic rings. The smallest absolute Gasteiger partial charge is 0.257 e. The number of nitrogens with zero attached hydrogens (tertiary/aromatic N) is 2. The molecule has 5 nitrogen and oxygen atoms in total. The first-order valence-electron chi connectivity index (χ1n) is 14.4. The molecule has 0 fully saturated rings. The van der Waals surface area contributed by atoms with Gasteiger partial charge in [-0.25, -0.2) is 0 Å². The molecule has 3 atom stereocenters. The van der Waals surface area contributed by atoms with Crippen LogP contribution in [0.1, 0.15) is 101 Å². The Kier molecular flexibility index (Phi) is 13.8. The largest absolute Gasteiger partial charge is 0.322 e. The van der Waals surface area contributed by atoms with Crippen LogP contribution in [0, 0.1) is 18.8 Å². The second-order valence-corrected chi connectivity index (χ2v) is 12.5. The SMILES string of the molecule is C/C=C1/N=CC(NC(C)c2cccc(NC(=O)c3cnc(CC(C)C)c(C)c3)c2)P/C1=C\CC(C)C.CCC. The zero-order valence-electron chi connectivity index (χ0n) is 25.4. The topological polar surface area (TPSA) is 66.4 Å². The predicted octanol–water partition coefficient (Wildman–Crippen LogP) is 8.83. The summed E-state index contributed by atoms with van der Waals surface area (Å²) in [7, 11) is 0.634. The zero-order chi connectivity index (χ0) is 28.9. The number of benzene rings is 1. The van der Waals surface area contributed by atoms with Crippen LogP contribution in [0.3, 0.4) is 0 Å². The Bertz CT molecular complexity index is 1170. The number of hydrogen-bond donors (Lipinski definition) is 2. The number of nitrogens with one attached hydrogen (secondary N) is 2. The summed E-state index contributed by atoms with van der Waals surface area (Å²) in [4.78, 5) is 22.2. The minimum absolute atomic E-state index is 0.114. The van der Waals surface area contributed by atoms with Crippen LogP contribution < -0.4 is 10.6 Å². The second-order valence-electron chi connectivity index (χ2n) is 11.1. The van der Waals surface area contributed by atoms with Gasteiger partial charge in [0.15, 0.2) is 0 Å². The van der Waals surface area contributed by atoms with Crippen LogP contribution in [0.25, 0.3) is 0 Å². The Balaban J connectivity index is 0.00000170. The molecule has 2 aromatic rings. The summed E-state index contributed by atoms with van der Waals surface area (Å²) < 4.78 is 0. The molecule has 2 N–H and O–H groups in total. The average Bonchev–Trinajstić information content (AvgIpc) is 2.89. The number of hydrogen-bond acceptors (Lipinski definition) is 4. The summed E-state index contributed by atoms with van der Waals surface area (Å²) in [6.45, 7) is 19.3. The molecule has 6 heteroatoms. The number of amides is 1. The fourth-order valence-corrected chi connectivity index (χ4v) is 5.53. The third-order valence-corrected chi connectivity index (χ3v) is 7.54. The van der Waals surface area contributed by atoms with Crippen molar-refractivity contribution in [1.82, 2.24) is 10.3 Å². The third-order valence-electron chi connectivity index (χ3n) is 6.14. The first-order chi connectivity index (χ1) is 18.6. The number of carbonyl (C=O) groups is 1. The third kappa shape index (κ3) is 10.8. The highest BCUT2D eigenvalue weighted by atomic mass is 31.1. The number of aryl methyl sites for hydroxylation is 1. The van der Waals surface area contributed by atoms with Crippen LogP contribution in [0.2, 0.25) is 0 Å². The van der Waals surface area contributed by atoms with Gasteiger partial charge in [-0.3, -0.25) is 20.1 Å². The highest BCUT2D eigenvalue weighted by Crippen LogP contribution is 2.39. The van der Waals surface area contributed by atoms with Crippen LogP contribution in [0.4, 0.5) is 5.69 Å². The molecule has 212 valence electrons. The molecule has 0 aliphatic carbocycles. The lowest BCUT2D eigenvalue weighted by Gasteiger charge is -2.26. The lowest BCUT2D eigenvalue weighted by atomic mass is 10.0. The summed E-state index contributed by atoms with van der Waals surface area (Å²) in [6.07, 6.45) is 11.4. The van der Waals surface area contributed by atoms with Gasteiger partial charge in [-0.2, -0.15) is 0 Å². The number of aromatic nitrogens is 1. The van der Waals surface area contributed by atoms with E-state index in [2.05, 4.69) is 82.3 Å². The molecule has 39 heavy (non-hydrogen) atoms. The highest BCUT2D eigenvalue weighted by Gasteiger charge is 2.19. The number of rotatable bonds is 9. The Morgan fingerprint density at radius 3 is 2.44 bits per heavy atom. The molecule has 0 radical (unpaired) electrons. The van der Waals surface area contributed by atoms with Crippen molar-refractivity contribution in [2.24, 2.45) is 16.8 Å². The van der Waals surface area contributed by atoms with Gasteiger partial charge in [0.1, 0.15) is 0 Å². The maximum absolute atomic E-state index is 12.9. The average molecular weight is 549 g/mol. The van der Waals surface area contributed by atoms with Crippen molar-refractivity contribution in [2.45, 2.75) is 93.4 Å². The molecule has 0 saturated heterocycles. The normalized spacial score (nSPS) is 18.5.